The van der Waals surface area contributed by atoms with Crippen molar-refractivity contribution < 1.29 is 33.4 Å². The molecule has 0 saturated carbocycles. The summed E-state index contributed by atoms with van der Waals surface area (Å²) >= 11 is 1.40. The quantitative estimate of drug-likeness (QED) is 0.443. The van der Waals surface area contributed by atoms with Gasteiger partial charge in [0.15, 0.2) is 6.61 Å². The molecule has 11 nitrogen and oxygen atoms in total. The van der Waals surface area contributed by atoms with Crippen LogP contribution in [0.25, 0.3) is 0 Å². The van der Waals surface area contributed by atoms with Crippen molar-refractivity contribution >= 4 is 35.0 Å². The van der Waals surface area contributed by atoms with E-state index in [1.165, 1.54) is 11.3 Å². The average molecular weight is 631 g/mol. The smallest absolute Gasteiger partial charge is 0.314 e. The minimum Gasteiger partial charge on any atom is -0.484 e. The first-order chi connectivity index (χ1) is 21.1. The summed E-state index contributed by atoms with van der Waals surface area (Å²) in [4.78, 5) is 59.4. The lowest BCUT2D eigenvalue weighted by Gasteiger charge is -2.32. The minimum atomic E-state index is -1.05. The van der Waals surface area contributed by atoms with Gasteiger partial charge in [0.25, 0.3) is 11.8 Å². The number of aromatic nitrogens is 1. The van der Waals surface area contributed by atoms with E-state index >= 15 is 0 Å². The molecule has 4 rings (SSSR count). The third kappa shape index (κ3) is 10.0. The van der Waals surface area contributed by atoms with Gasteiger partial charge < -0.3 is 29.7 Å². The van der Waals surface area contributed by atoms with Gasteiger partial charge in [-0.25, -0.2) is 4.98 Å². The second-order valence-corrected chi connectivity index (χ2v) is 12.4. The van der Waals surface area contributed by atoms with Crippen LogP contribution in [-0.2, 0) is 30.3 Å². The van der Waals surface area contributed by atoms with Crippen LogP contribution < -0.4 is 15.4 Å². The van der Waals surface area contributed by atoms with E-state index in [1.807, 2.05) is 32.9 Å². The van der Waals surface area contributed by atoms with Crippen LogP contribution in [0.2, 0.25) is 0 Å². The van der Waals surface area contributed by atoms with Crippen LogP contribution in [0.15, 0.2) is 24.3 Å². The van der Waals surface area contributed by atoms with Crippen molar-refractivity contribution in [3.8, 4) is 5.75 Å². The summed E-state index contributed by atoms with van der Waals surface area (Å²) in [6, 6.07) is 7.19. The van der Waals surface area contributed by atoms with Gasteiger partial charge in [-0.15, -0.1) is 11.3 Å². The molecule has 2 N–H and O–H groups in total. The average Bonchev–Trinajstić information content (AvgIpc) is 3.40. The molecule has 1 aromatic heterocycles. The number of rotatable bonds is 7. The number of ether oxygens (including phenoxy) is 3. The summed E-state index contributed by atoms with van der Waals surface area (Å²) in [5, 5.41) is 6.71. The van der Waals surface area contributed by atoms with Gasteiger partial charge in [0.05, 0.1) is 22.7 Å². The largest absolute Gasteiger partial charge is 0.484 e. The van der Waals surface area contributed by atoms with Crippen LogP contribution in [0.1, 0.15) is 78.3 Å². The van der Waals surface area contributed by atoms with Crippen LogP contribution in [0, 0.1) is 12.3 Å². The fraction of sp³-hybridized carbons (Fsp3) is 0.594. The number of benzene rings is 1. The van der Waals surface area contributed by atoms with Gasteiger partial charge in [0, 0.05) is 52.2 Å². The molecule has 0 saturated heterocycles. The third-order valence-electron chi connectivity index (χ3n) is 7.50. The molecule has 0 radical (unpaired) electrons. The Bertz CT molecular complexity index is 1260. The molecular weight excluding hydrogens is 584 g/mol. The van der Waals surface area contributed by atoms with E-state index in [4.69, 9.17) is 14.2 Å². The lowest BCUT2D eigenvalue weighted by Crippen LogP contribution is -2.46. The minimum absolute atomic E-state index is 0.0765. The van der Waals surface area contributed by atoms with Gasteiger partial charge in [0.1, 0.15) is 10.6 Å². The molecule has 0 spiro atoms. The highest BCUT2D eigenvalue weighted by atomic mass is 32.1. The lowest BCUT2D eigenvalue weighted by atomic mass is 9.78. The van der Waals surface area contributed by atoms with E-state index in [-0.39, 0.29) is 49.8 Å². The maximum atomic E-state index is 13.6. The van der Waals surface area contributed by atoms with Crippen molar-refractivity contribution in [1.29, 1.82) is 0 Å². The molecule has 2 bridgehead atoms. The number of fused-ring (bicyclic) bond motifs is 17. The zero-order valence-electron chi connectivity index (χ0n) is 26.5. The molecule has 3 heterocycles. The number of carbonyl (C=O) groups is 4. The van der Waals surface area contributed by atoms with Gasteiger partial charge in [-0.2, -0.15) is 0 Å². The Kier molecular flexibility index (Phi) is 13.6. The van der Waals surface area contributed by atoms with E-state index in [0.717, 1.165) is 10.6 Å². The second kappa shape index (κ2) is 17.1. The van der Waals surface area contributed by atoms with Gasteiger partial charge in [-0.05, 0) is 57.2 Å². The molecule has 12 heteroatoms. The molecule has 1 aromatic carbocycles. The van der Waals surface area contributed by atoms with Crippen molar-refractivity contribution in [2.75, 3.05) is 53.1 Å². The molecule has 44 heavy (non-hydrogen) atoms. The number of amides is 3. The number of hydrogen-bond acceptors (Lipinski definition) is 9. The number of nitrogens with zero attached hydrogens (tertiary/aromatic N) is 2. The molecule has 242 valence electrons. The summed E-state index contributed by atoms with van der Waals surface area (Å²) in [7, 11) is 1.57. The Morgan fingerprint density at radius 3 is 2.50 bits per heavy atom. The number of esters is 1. The molecule has 3 amide bonds. The highest BCUT2D eigenvalue weighted by Crippen LogP contribution is 2.30. The number of carbonyl (C=O) groups excluding carboxylic acids is 4. The topological polar surface area (TPSA) is 136 Å². The fourth-order valence-electron chi connectivity index (χ4n) is 4.97. The summed E-state index contributed by atoms with van der Waals surface area (Å²) in [6.07, 6.45) is 1.79. The van der Waals surface area contributed by atoms with Crippen molar-refractivity contribution in [1.82, 2.24) is 20.5 Å². The predicted molar refractivity (Wildman–Crippen MR) is 168 cm³/mol. The molecule has 2 aliphatic rings. The van der Waals surface area contributed by atoms with Crippen LogP contribution >= 0.6 is 11.3 Å². The number of hydrogen-bond donors (Lipinski definition) is 2. The first kappa shape index (κ1) is 35.0. The van der Waals surface area contributed by atoms with Gasteiger partial charge in [-0.1, -0.05) is 26.0 Å². The zero-order valence-corrected chi connectivity index (χ0v) is 27.3. The van der Waals surface area contributed by atoms with Crippen molar-refractivity contribution in [3.63, 3.8) is 0 Å². The van der Waals surface area contributed by atoms with E-state index < -0.39 is 11.4 Å². The molecule has 2 aliphatic heterocycles. The summed E-state index contributed by atoms with van der Waals surface area (Å²) in [5.41, 5.74) is 0.491. The second-order valence-electron chi connectivity index (χ2n) is 11.4. The van der Waals surface area contributed by atoms with Crippen LogP contribution in [0.5, 0.6) is 5.75 Å². The van der Waals surface area contributed by atoms with Gasteiger partial charge in [0.2, 0.25) is 5.91 Å². The Morgan fingerprint density at radius 1 is 1.11 bits per heavy atom. The Morgan fingerprint density at radius 2 is 1.84 bits per heavy atom. The van der Waals surface area contributed by atoms with Gasteiger partial charge >= 0.3 is 5.97 Å². The standard InChI is InChI=1S/C32H46N4O7S/c1-6-42-31(40)32(14-18-41-5)19-24-10-12-25(13-11-24)43-20-27(38)33-15-8-17-36(16-7-9-26(37)34-21-32)30(39)28-23(4)35-29(44-28)22(2)3/h10-13,22H,6-9,14-21H2,1-5H3,(H,33,38)(H,34,37). The predicted octanol–water partition coefficient (Wildman–Crippen LogP) is 3.64. The molecule has 1 atom stereocenters. The molecule has 0 fully saturated rings. The van der Waals surface area contributed by atoms with E-state index in [1.54, 1.807) is 31.1 Å². The Balaban J connectivity index is 1.83. The molecule has 1 unspecified atom stereocenters. The summed E-state index contributed by atoms with van der Waals surface area (Å²) in [5.74, 6) is -0.299. The van der Waals surface area contributed by atoms with E-state index in [9.17, 15) is 19.2 Å². The Labute approximate surface area is 264 Å². The fourth-order valence-corrected chi connectivity index (χ4v) is 6.00. The first-order valence-electron chi connectivity index (χ1n) is 15.3. The summed E-state index contributed by atoms with van der Waals surface area (Å²) < 4.78 is 16.5. The molecule has 2 aromatic rings. The maximum Gasteiger partial charge on any atom is 0.314 e. The van der Waals surface area contributed by atoms with Crippen LogP contribution in [-0.4, -0.2) is 86.7 Å². The van der Waals surface area contributed by atoms with Crippen molar-refractivity contribution in [2.24, 2.45) is 5.41 Å². The SMILES string of the molecule is CCOC(=O)C1(CCOC)CNC(=O)CCCN(C(=O)c2sc(C(C)C)nc2C)CCCNC(=O)COc2ccc(cc2)C1. The van der Waals surface area contributed by atoms with E-state index in [0.29, 0.717) is 68.2 Å². The first-order valence-corrected chi connectivity index (χ1v) is 16.1. The van der Waals surface area contributed by atoms with E-state index in [2.05, 4.69) is 15.6 Å². The number of methoxy groups -OCH3 is 1. The van der Waals surface area contributed by atoms with Crippen molar-refractivity contribution in [3.05, 3.63) is 45.4 Å². The third-order valence-corrected chi connectivity index (χ3v) is 8.95. The van der Waals surface area contributed by atoms with Crippen LogP contribution in [0.4, 0.5) is 0 Å². The zero-order chi connectivity index (χ0) is 32.1. The monoisotopic (exact) mass is 630 g/mol. The normalized spacial score (nSPS) is 19.2. The molecule has 0 aliphatic carbocycles. The number of nitrogens with one attached hydrogen (secondary N) is 2. The maximum absolute atomic E-state index is 13.6. The molecular formula is C32H46N4O7S. The van der Waals surface area contributed by atoms with Crippen molar-refractivity contribution in [2.45, 2.75) is 65.7 Å². The lowest BCUT2D eigenvalue weighted by molar-refractivity contribution is -0.156. The Hall–Kier alpha value is -3.51. The number of thiazole rings is 1. The highest BCUT2D eigenvalue weighted by Gasteiger charge is 2.40. The van der Waals surface area contributed by atoms with Gasteiger partial charge in [-0.3, -0.25) is 19.2 Å². The summed E-state index contributed by atoms with van der Waals surface area (Å²) in [6.45, 7) is 9.24. The number of aryl methyl sites for hydroxylation is 1. The van der Waals surface area contributed by atoms with Crippen LogP contribution in [0.3, 0.4) is 0 Å². The highest BCUT2D eigenvalue weighted by molar-refractivity contribution is 7.13.